The maximum atomic E-state index is 13.8. The van der Waals surface area contributed by atoms with Gasteiger partial charge in [0.15, 0.2) is 0 Å². The minimum Gasteiger partial charge on any atom is -0.480 e. The van der Waals surface area contributed by atoms with Crippen molar-refractivity contribution in [2.45, 2.75) is 18.0 Å². The number of alkyl halides is 1. The molecule has 1 fully saturated rings. The third kappa shape index (κ3) is 1.92. The van der Waals surface area contributed by atoms with Gasteiger partial charge in [-0.05, 0) is 52.8 Å². The Labute approximate surface area is 122 Å². The van der Waals surface area contributed by atoms with E-state index < -0.39 is 17.6 Å². The van der Waals surface area contributed by atoms with Gasteiger partial charge in [0, 0.05) is 21.1 Å². The molecule has 0 aromatic heterocycles. The van der Waals surface area contributed by atoms with Crippen LogP contribution in [0.15, 0.2) is 18.2 Å². The first kappa shape index (κ1) is 12.8. The van der Waals surface area contributed by atoms with Crippen molar-refractivity contribution in [3.63, 3.8) is 0 Å². The Kier molecular flexibility index (Phi) is 2.81. The molecule has 19 heavy (non-hydrogen) atoms. The van der Waals surface area contributed by atoms with Crippen LogP contribution in [0.4, 0.5) is 4.39 Å². The summed E-state index contributed by atoms with van der Waals surface area (Å²) in [4.78, 5) is 24.3. The van der Waals surface area contributed by atoms with Crippen molar-refractivity contribution < 1.29 is 19.1 Å². The Morgan fingerprint density at radius 1 is 1.58 bits per heavy atom. The molecule has 1 unspecified atom stereocenters. The molecular weight excluding hydrogens is 364 g/mol. The number of carbonyl (C=O) groups excluding carboxylic acids is 1. The smallest absolute Gasteiger partial charge is 0.323 e. The van der Waals surface area contributed by atoms with E-state index in [-0.39, 0.29) is 19.0 Å². The molecule has 4 nitrogen and oxygen atoms in total. The second-order valence-electron chi connectivity index (χ2n) is 5.07. The van der Waals surface area contributed by atoms with Gasteiger partial charge < -0.3 is 10.0 Å². The number of fused-ring (bicyclic) bond motifs is 2. The van der Waals surface area contributed by atoms with Gasteiger partial charge in [-0.25, -0.2) is 4.39 Å². The molecule has 2 aliphatic rings. The SMILES string of the molecule is O=C(O)CN1C[C@@]2(CC2F)c2cc(I)ccc2C1=O. The van der Waals surface area contributed by atoms with Gasteiger partial charge in [-0.1, -0.05) is 0 Å². The maximum absolute atomic E-state index is 13.8. The van der Waals surface area contributed by atoms with Crippen molar-refractivity contribution in [2.75, 3.05) is 13.1 Å². The number of amides is 1. The lowest BCUT2D eigenvalue weighted by atomic mass is 9.86. The quantitative estimate of drug-likeness (QED) is 0.803. The van der Waals surface area contributed by atoms with Gasteiger partial charge >= 0.3 is 5.97 Å². The number of halogens is 2. The Hall–Kier alpha value is -1.18. The summed E-state index contributed by atoms with van der Waals surface area (Å²) in [6, 6.07) is 5.29. The molecule has 1 N–H and O–H groups in total. The number of carboxylic acid groups (broad SMARTS) is 1. The zero-order valence-electron chi connectivity index (χ0n) is 9.90. The Balaban J connectivity index is 2.07. The fourth-order valence-corrected chi connectivity index (χ4v) is 3.27. The zero-order valence-corrected chi connectivity index (χ0v) is 12.1. The summed E-state index contributed by atoms with van der Waals surface area (Å²) in [5.74, 6) is -1.40. The normalized spacial score (nSPS) is 28.4. The summed E-state index contributed by atoms with van der Waals surface area (Å²) in [7, 11) is 0. The van der Waals surface area contributed by atoms with Gasteiger partial charge in [0.05, 0.1) is 0 Å². The number of hydrogen-bond donors (Lipinski definition) is 1. The predicted octanol–water partition coefficient (Wildman–Crippen LogP) is 1.81. The first-order valence-corrected chi connectivity index (χ1v) is 6.97. The van der Waals surface area contributed by atoms with Gasteiger partial charge in [0.25, 0.3) is 5.91 Å². The molecule has 1 aliphatic heterocycles. The van der Waals surface area contributed by atoms with Crippen LogP contribution < -0.4 is 0 Å². The molecule has 0 radical (unpaired) electrons. The predicted molar refractivity (Wildman–Crippen MR) is 73.9 cm³/mol. The highest BCUT2D eigenvalue weighted by atomic mass is 127. The summed E-state index contributed by atoms with van der Waals surface area (Å²) in [5, 5.41) is 8.84. The molecule has 1 aliphatic carbocycles. The molecule has 6 heteroatoms. The van der Waals surface area contributed by atoms with Crippen LogP contribution in [0, 0.1) is 3.57 Å². The molecule has 2 atom stereocenters. The minimum absolute atomic E-state index is 0.159. The number of rotatable bonds is 2. The Morgan fingerprint density at radius 3 is 2.84 bits per heavy atom. The van der Waals surface area contributed by atoms with Crippen LogP contribution in [0.25, 0.3) is 0 Å². The molecule has 1 saturated carbocycles. The van der Waals surface area contributed by atoms with E-state index in [9.17, 15) is 14.0 Å². The molecule has 100 valence electrons. The van der Waals surface area contributed by atoms with Crippen molar-refractivity contribution in [3.8, 4) is 0 Å². The van der Waals surface area contributed by atoms with Crippen LogP contribution in [0.1, 0.15) is 22.3 Å². The fourth-order valence-electron chi connectivity index (χ4n) is 2.78. The van der Waals surface area contributed by atoms with E-state index >= 15 is 0 Å². The van der Waals surface area contributed by atoms with Crippen molar-refractivity contribution in [2.24, 2.45) is 0 Å². The van der Waals surface area contributed by atoms with Crippen LogP contribution in [-0.2, 0) is 10.2 Å². The number of aliphatic carboxylic acids is 1. The molecule has 3 rings (SSSR count). The van der Waals surface area contributed by atoms with Crippen LogP contribution in [0.2, 0.25) is 0 Å². The number of carbonyl (C=O) groups is 2. The average Bonchev–Trinajstić information content (AvgIpc) is 2.97. The number of benzene rings is 1. The van der Waals surface area contributed by atoms with E-state index in [1.807, 2.05) is 6.07 Å². The molecular formula is C13H11FINO3. The third-order valence-electron chi connectivity index (χ3n) is 3.82. The molecule has 1 amide bonds. The highest BCUT2D eigenvalue weighted by molar-refractivity contribution is 14.1. The number of carboxylic acids is 1. The van der Waals surface area contributed by atoms with Crippen LogP contribution in [-0.4, -0.2) is 41.1 Å². The lowest BCUT2D eigenvalue weighted by molar-refractivity contribution is -0.137. The summed E-state index contributed by atoms with van der Waals surface area (Å²) < 4.78 is 14.8. The minimum atomic E-state index is -1.08. The standard InChI is InChI=1S/C13H11FINO3/c14-10-4-13(10)6-16(5-11(17)18)12(19)8-2-1-7(15)3-9(8)13/h1-3,10H,4-6H2,(H,17,18)/t10?,13-/m0/s1. The fraction of sp³-hybridized carbons (Fsp3) is 0.385. The lowest BCUT2D eigenvalue weighted by Gasteiger charge is -2.33. The van der Waals surface area contributed by atoms with Crippen LogP contribution >= 0.6 is 22.6 Å². The maximum Gasteiger partial charge on any atom is 0.323 e. The van der Waals surface area contributed by atoms with Crippen molar-refractivity contribution in [1.29, 1.82) is 0 Å². The highest BCUT2D eigenvalue weighted by Gasteiger charge is 2.61. The molecule has 1 aromatic carbocycles. The molecule has 1 aromatic rings. The first-order valence-electron chi connectivity index (χ1n) is 5.89. The second kappa shape index (κ2) is 4.16. The zero-order chi connectivity index (χ0) is 13.8. The molecule has 1 spiro atoms. The highest BCUT2D eigenvalue weighted by Crippen LogP contribution is 2.54. The third-order valence-corrected chi connectivity index (χ3v) is 4.49. The summed E-state index contributed by atoms with van der Waals surface area (Å²) in [5.41, 5.74) is 0.492. The van der Waals surface area contributed by atoms with E-state index in [4.69, 9.17) is 5.11 Å². The molecule has 0 saturated heterocycles. The lowest BCUT2D eigenvalue weighted by Crippen LogP contribution is -2.46. The summed E-state index contributed by atoms with van der Waals surface area (Å²) in [6.07, 6.45) is -0.627. The van der Waals surface area contributed by atoms with E-state index in [0.717, 1.165) is 9.13 Å². The average molecular weight is 375 g/mol. The van der Waals surface area contributed by atoms with Crippen molar-refractivity contribution >= 4 is 34.5 Å². The molecule has 0 bridgehead atoms. The van der Waals surface area contributed by atoms with Gasteiger partial charge in [0.2, 0.25) is 0 Å². The van der Waals surface area contributed by atoms with E-state index in [0.29, 0.717) is 12.0 Å². The van der Waals surface area contributed by atoms with E-state index in [1.54, 1.807) is 12.1 Å². The van der Waals surface area contributed by atoms with Crippen molar-refractivity contribution in [1.82, 2.24) is 4.90 Å². The van der Waals surface area contributed by atoms with E-state index in [2.05, 4.69) is 22.6 Å². The largest absolute Gasteiger partial charge is 0.480 e. The topological polar surface area (TPSA) is 57.6 Å². The first-order chi connectivity index (χ1) is 8.94. The number of hydrogen-bond acceptors (Lipinski definition) is 2. The van der Waals surface area contributed by atoms with E-state index in [1.165, 1.54) is 4.90 Å². The van der Waals surface area contributed by atoms with Gasteiger partial charge in [-0.2, -0.15) is 0 Å². The van der Waals surface area contributed by atoms with Gasteiger partial charge in [-0.15, -0.1) is 0 Å². The van der Waals surface area contributed by atoms with Crippen molar-refractivity contribution in [3.05, 3.63) is 32.9 Å². The monoisotopic (exact) mass is 375 g/mol. The Bertz CT molecular complexity index is 591. The molecule has 1 heterocycles. The number of nitrogens with zero attached hydrogens (tertiary/aromatic N) is 1. The van der Waals surface area contributed by atoms with Gasteiger partial charge in [-0.3, -0.25) is 9.59 Å². The van der Waals surface area contributed by atoms with Gasteiger partial charge in [0.1, 0.15) is 12.7 Å². The Morgan fingerprint density at radius 2 is 2.26 bits per heavy atom. The summed E-state index contributed by atoms with van der Waals surface area (Å²) >= 11 is 2.13. The summed E-state index contributed by atoms with van der Waals surface area (Å²) in [6.45, 7) is -0.217. The van der Waals surface area contributed by atoms with Crippen LogP contribution in [0.5, 0.6) is 0 Å². The van der Waals surface area contributed by atoms with Crippen LogP contribution in [0.3, 0.4) is 0 Å². The second-order valence-corrected chi connectivity index (χ2v) is 6.32.